The van der Waals surface area contributed by atoms with Gasteiger partial charge in [-0.1, -0.05) is 0 Å². The lowest BCUT2D eigenvalue weighted by Gasteiger charge is -2.28. The number of carboxylic acids is 1. The van der Waals surface area contributed by atoms with Crippen molar-refractivity contribution in [2.24, 2.45) is 0 Å². The molecule has 0 aromatic rings. The number of rotatable bonds is 13. The van der Waals surface area contributed by atoms with E-state index in [1.165, 1.54) is 21.3 Å². The predicted molar refractivity (Wildman–Crippen MR) is 63.9 cm³/mol. The summed E-state index contributed by atoms with van der Waals surface area (Å²) in [6.45, 7) is 0.706. The summed E-state index contributed by atoms with van der Waals surface area (Å²) in [7, 11) is 4.43. The summed E-state index contributed by atoms with van der Waals surface area (Å²) in [5, 5.41) is 9.22. The van der Waals surface area contributed by atoms with Crippen molar-refractivity contribution in [3.05, 3.63) is 0 Å². The fourth-order valence-electron chi connectivity index (χ4n) is 1.09. The van der Waals surface area contributed by atoms with Crippen LogP contribution in [0.1, 0.15) is 0 Å². The molecule has 0 rings (SSSR count). The molecule has 0 heterocycles. The van der Waals surface area contributed by atoms with Gasteiger partial charge in [-0.15, -0.1) is 0 Å². The van der Waals surface area contributed by atoms with Crippen LogP contribution in [-0.2, 0) is 33.2 Å². The number of carboxylic acid groups (broad SMARTS) is 1. The van der Waals surface area contributed by atoms with Crippen LogP contribution in [0.25, 0.3) is 0 Å². The van der Waals surface area contributed by atoms with Crippen LogP contribution in [-0.4, -0.2) is 78.0 Å². The van der Waals surface area contributed by atoms with Crippen molar-refractivity contribution < 1.29 is 38.3 Å². The minimum absolute atomic E-state index is 0.0166. The SMILES string of the molecule is COCCOC(OCCOC)(OCCOC)C(=O)O. The lowest BCUT2D eigenvalue weighted by Crippen LogP contribution is -2.49. The Morgan fingerprint density at radius 2 is 1.11 bits per heavy atom. The molecule has 0 aromatic carbocycles. The first-order chi connectivity index (χ1) is 9.13. The minimum atomic E-state index is -2.17. The fraction of sp³-hybridized carbons (Fsp3) is 0.909. The maximum Gasteiger partial charge on any atom is 0.395 e. The van der Waals surface area contributed by atoms with Gasteiger partial charge in [-0.05, 0) is 0 Å². The number of methoxy groups -OCH3 is 3. The van der Waals surface area contributed by atoms with Crippen LogP contribution in [0.2, 0.25) is 0 Å². The second kappa shape index (κ2) is 11.1. The Morgan fingerprint density at radius 1 is 0.789 bits per heavy atom. The van der Waals surface area contributed by atoms with Crippen molar-refractivity contribution in [1.82, 2.24) is 0 Å². The average Bonchev–Trinajstić information content (AvgIpc) is 2.38. The highest BCUT2D eigenvalue weighted by Gasteiger charge is 2.43. The van der Waals surface area contributed by atoms with E-state index in [1.54, 1.807) is 0 Å². The van der Waals surface area contributed by atoms with Crippen LogP contribution in [0, 0.1) is 0 Å². The topological polar surface area (TPSA) is 92.7 Å². The molecule has 0 spiro atoms. The Bertz CT molecular complexity index is 206. The van der Waals surface area contributed by atoms with Crippen molar-refractivity contribution in [3.8, 4) is 0 Å². The lowest BCUT2D eigenvalue weighted by atomic mass is 10.5. The van der Waals surface area contributed by atoms with Gasteiger partial charge < -0.3 is 33.5 Å². The lowest BCUT2D eigenvalue weighted by molar-refractivity contribution is -0.366. The van der Waals surface area contributed by atoms with E-state index in [4.69, 9.17) is 28.4 Å². The zero-order valence-electron chi connectivity index (χ0n) is 11.5. The molecule has 0 amide bonds. The molecule has 0 aliphatic heterocycles. The molecular weight excluding hydrogens is 260 g/mol. The number of hydrogen-bond acceptors (Lipinski definition) is 7. The second-order valence-corrected chi connectivity index (χ2v) is 3.39. The van der Waals surface area contributed by atoms with Crippen LogP contribution in [0.5, 0.6) is 0 Å². The van der Waals surface area contributed by atoms with Crippen LogP contribution in [0.3, 0.4) is 0 Å². The van der Waals surface area contributed by atoms with E-state index in [0.29, 0.717) is 0 Å². The zero-order valence-corrected chi connectivity index (χ0v) is 11.5. The molecule has 0 aliphatic carbocycles. The van der Waals surface area contributed by atoms with Crippen LogP contribution in [0.4, 0.5) is 0 Å². The highest BCUT2D eigenvalue weighted by Crippen LogP contribution is 2.16. The molecular formula is C11H22O8. The van der Waals surface area contributed by atoms with E-state index >= 15 is 0 Å². The van der Waals surface area contributed by atoms with Crippen molar-refractivity contribution >= 4 is 5.97 Å². The highest BCUT2D eigenvalue weighted by molar-refractivity contribution is 5.73. The Labute approximate surface area is 112 Å². The first-order valence-electron chi connectivity index (χ1n) is 5.75. The second-order valence-electron chi connectivity index (χ2n) is 3.39. The molecule has 0 bridgehead atoms. The molecule has 8 nitrogen and oxygen atoms in total. The zero-order chi connectivity index (χ0) is 14.6. The van der Waals surface area contributed by atoms with Gasteiger partial charge in [0.15, 0.2) is 0 Å². The highest BCUT2D eigenvalue weighted by atomic mass is 16.9. The third-order valence-corrected chi connectivity index (χ3v) is 2.00. The van der Waals surface area contributed by atoms with Gasteiger partial charge in [0.2, 0.25) is 0 Å². The first-order valence-corrected chi connectivity index (χ1v) is 5.75. The molecule has 0 aliphatic rings. The van der Waals surface area contributed by atoms with Crippen molar-refractivity contribution in [2.75, 3.05) is 61.0 Å². The fourth-order valence-corrected chi connectivity index (χ4v) is 1.09. The van der Waals surface area contributed by atoms with E-state index in [-0.39, 0.29) is 39.6 Å². The van der Waals surface area contributed by atoms with Gasteiger partial charge in [-0.2, -0.15) is 0 Å². The van der Waals surface area contributed by atoms with Crippen LogP contribution < -0.4 is 0 Å². The smallest absolute Gasteiger partial charge is 0.395 e. The van der Waals surface area contributed by atoms with Crippen molar-refractivity contribution in [3.63, 3.8) is 0 Å². The Morgan fingerprint density at radius 3 is 1.32 bits per heavy atom. The quantitative estimate of drug-likeness (QED) is 0.364. The molecule has 0 aromatic heterocycles. The van der Waals surface area contributed by atoms with Gasteiger partial charge in [-0.25, -0.2) is 4.79 Å². The van der Waals surface area contributed by atoms with Gasteiger partial charge >= 0.3 is 11.9 Å². The number of aliphatic carboxylic acids is 1. The Kier molecular flexibility index (Phi) is 10.6. The van der Waals surface area contributed by atoms with Crippen LogP contribution in [0.15, 0.2) is 0 Å². The molecule has 0 radical (unpaired) electrons. The monoisotopic (exact) mass is 282 g/mol. The third kappa shape index (κ3) is 7.41. The number of ether oxygens (including phenoxy) is 6. The van der Waals surface area contributed by atoms with Gasteiger partial charge in [-0.3, -0.25) is 0 Å². The van der Waals surface area contributed by atoms with E-state index in [2.05, 4.69) is 0 Å². The summed E-state index contributed by atoms with van der Waals surface area (Å²) in [5.41, 5.74) is 0. The van der Waals surface area contributed by atoms with Gasteiger partial charge in [0.1, 0.15) is 0 Å². The normalized spacial score (nSPS) is 11.7. The molecule has 0 atom stereocenters. The molecule has 8 heteroatoms. The molecule has 0 unspecified atom stereocenters. The van der Waals surface area contributed by atoms with Gasteiger partial charge in [0.25, 0.3) is 0 Å². The van der Waals surface area contributed by atoms with Crippen LogP contribution >= 0.6 is 0 Å². The predicted octanol–water partition coefficient (Wildman–Crippen LogP) is -0.286. The minimum Gasteiger partial charge on any atom is -0.475 e. The summed E-state index contributed by atoms with van der Waals surface area (Å²) in [6, 6.07) is 0. The third-order valence-electron chi connectivity index (χ3n) is 2.00. The van der Waals surface area contributed by atoms with Crippen molar-refractivity contribution in [1.29, 1.82) is 0 Å². The largest absolute Gasteiger partial charge is 0.475 e. The molecule has 114 valence electrons. The first kappa shape index (κ1) is 18.2. The molecule has 0 saturated carbocycles. The average molecular weight is 282 g/mol. The number of carbonyl (C=O) groups is 1. The molecule has 19 heavy (non-hydrogen) atoms. The molecule has 0 fully saturated rings. The number of hydrogen-bond donors (Lipinski definition) is 1. The summed E-state index contributed by atoms with van der Waals surface area (Å²) in [4.78, 5) is 11.3. The Hall–Kier alpha value is -0.770. The molecule has 0 saturated heterocycles. The van der Waals surface area contributed by atoms with E-state index in [9.17, 15) is 9.90 Å². The van der Waals surface area contributed by atoms with E-state index < -0.39 is 11.9 Å². The van der Waals surface area contributed by atoms with E-state index in [1.807, 2.05) is 0 Å². The summed E-state index contributed by atoms with van der Waals surface area (Å²) < 4.78 is 29.8. The van der Waals surface area contributed by atoms with E-state index in [0.717, 1.165) is 0 Å². The standard InChI is InChI=1S/C11H22O8/c1-14-4-7-17-11(10(12)13,18-8-5-15-2)19-9-6-16-3/h4-9H2,1-3H3,(H,12,13). The molecule has 1 N–H and O–H groups in total. The maximum absolute atomic E-state index is 11.3. The summed E-state index contributed by atoms with van der Waals surface area (Å²) in [5.74, 6) is -3.55. The summed E-state index contributed by atoms with van der Waals surface area (Å²) in [6.07, 6.45) is 0. The van der Waals surface area contributed by atoms with Gasteiger partial charge in [0, 0.05) is 21.3 Å². The Balaban J connectivity index is 4.53. The maximum atomic E-state index is 11.3. The van der Waals surface area contributed by atoms with Gasteiger partial charge in [0.05, 0.1) is 39.6 Å². The van der Waals surface area contributed by atoms with Crippen molar-refractivity contribution in [2.45, 2.75) is 5.97 Å². The summed E-state index contributed by atoms with van der Waals surface area (Å²) >= 11 is 0.